The molecule has 1 amide bonds. The molecule has 0 bridgehead atoms. The number of anilines is 2. The average molecular weight is 331 g/mol. The number of hydrogen-bond donors (Lipinski definition) is 2. The highest BCUT2D eigenvalue weighted by Gasteiger charge is 2.32. The third kappa shape index (κ3) is 4.21. The van der Waals surface area contributed by atoms with Crippen LogP contribution in [-0.4, -0.2) is 59.5 Å². The van der Waals surface area contributed by atoms with Crippen molar-refractivity contribution in [3.63, 3.8) is 0 Å². The van der Waals surface area contributed by atoms with Crippen molar-refractivity contribution in [1.82, 2.24) is 14.9 Å². The number of nitrogen functional groups attached to an aromatic ring is 2. The van der Waals surface area contributed by atoms with Gasteiger partial charge in [-0.05, 0) is 6.42 Å². The molecule has 21 heavy (non-hydrogen) atoms. The lowest BCUT2D eigenvalue weighted by Crippen LogP contribution is -2.38. The molecule has 0 unspecified atom stereocenters. The molecule has 1 saturated heterocycles. The van der Waals surface area contributed by atoms with Crippen molar-refractivity contribution < 1.29 is 13.2 Å². The molecule has 1 atom stereocenters. The molecule has 1 aromatic heterocycles. The zero-order valence-electron chi connectivity index (χ0n) is 11.5. The van der Waals surface area contributed by atoms with Crippen LogP contribution in [0, 0.1) is 0 Å². The monoisotopic (exact) mass is 331 g/mol. The fourth-order valence-corrected chi connectivity index (χ4v) is 4.61. The molecule has 1 aromatic rings. The quantitative estimate of drug-likeness (QED) is 0.551. The fourth-order valence-electron chi connectivity index (χ4n) is 2.04. The van der Waals surface area contributed by atoms with E-state index in [1.165, 1.54) is 11.0 Å². The predicted octanol–water partition coefficient (Wildman–Crippen LogP) is -0.621. The standard InChI is InChI=1S/C11H17N5O3S2/c1-16(7-2-3-21(18,19)6-7)10(17)5-20-11-14-8(12)4-9(13)15-11/h4,7H,2-3,5-6H2,1H3,(H4,12,13,14,15)/t7-/m1/s1. The van der Waals surface area contributed by atoms with Gasteiger partial charge in [0, 0.05) is 19.2 Å². The van der Waals surface area contributed by atoms with Gasteiger partial charge in [-0.25, -0.2) is 18.4 Å². The van der Waals surface area contributed by atoms with E-state index in [0.717, 1.165) is 11.8 Å². The Morgan fingerprint density at radius 3 is 2.57 bits per heavy atom. The highest BCUT2D eigenvalue weighted by molar-refractivity contribution is 7.99. The second kappa shape index (κ2) is 6.06. The van der Waals surface area contributed by atoms with Crippen LogP contribution in [0.3, 0.4) is 0 Å². The average Bonchev–Trinajstić information content (AvgIpc) is 2.74. The highest BCUT2D eigenvalue weighted by Crippen LogP contribution is 2.20. The lowest BCUT2D eigenvalue weighted by atomic mass is 10.2. The molecule has 0 aliphatic carbocycles. The molecule has 0 spiro atoms. The number of hydrogen-bond acceptors (Lipinski definition) is 8. The van der Waals surface area contributed by atoms with Crippen LogP contribution in [0.2, 0.25) is 0 Å². The van der Waals surface area contributed by atoms with E-state index in [2.05, 4.69) is 9.97 Å². The predicted molar refractivity (Wildman–Crippen MR) is 81.4 cm³/mol. The van der Waals surface area contributed by atoms with Crippen LogP contribution < -0.4 is 11.5 Å². The summed E-state index contributed by atoms with van der Waals surface area (Å²) in [4.78, 5) is 21.5. The highest BCUT2D eigenvalue weighted by atomic mass is 32.2. The van der Waals surface area contributed by atoms with Gasteiger partial charge in [-0.3, -0.25) is 4.79 Å². The lowest BCUT2D eigenvalue weighted by Gasteiger charge is -2.23. The van der Waals surface area contributed by atoms with Crippen molar-refractivity contribution in [2.24, 2.45) is 0 Å². The Balaban J connectivity index is 1.92. The molecule has 0 aromatic carbocycles. The van der Waals surface area contributed by atoms with E-state index in [1.54, 1.807) is 7.05 Å². The largest absolute Gasteiger partial charge is 0.383 e. The van der Waals surface area contributed by atoms with Gasteiger partial charge in [0.25, 0.3) is 0 Å². The van der Waals surface area contributed by atoms with Gasteiger partial charge in [-0.2, -0.15) is 0 Å². The van der Waals surface area contributed by atoms with E-state index in [1.807, 2.05) is 0 Å². The molecule has 4 N–H and O–H groups in total. The van der Waals surface area contributed by atoms with Crippen molar-refractivity contribution in [1.29, 1.82) is 0 Å². The molecule has 10 heteroatoms. The van der Waals surface area contributed by atoms with Crippen LogP contribution in [0.25, 0.3) is 0 Å². The van der Waals surface area contributed by atoms with Crippen LogP contribution in [0.1, 0.15) is 6.42 Å². The second-order valence-corrected chi connectivity index (χ2v) is 8.02. The van der Waals surface area contributed by atoms with E-state index in [4.69, 9.17) is 11.5 Å². The van der Waals surface area contributed by atoms with Gasteiger partial charge in [0.2, 0.25) is 5.91 Å². The molecule has 2 rings (SSSR count). The van der Waals surface area contributed by atoms with E-state index >= 15 is 0 Å². The molecule has 0 radical (unpaired) electrons. The van der Waals surface area contributed by atoms with Gasteiger partial charge in [-0.1, -0.05) is 11.8 Å². The van der Waals surface area contributed by atoms with Crippen LogP contribution in [0.5, 0.6) is 0 Å². The summed E-state index contributed by atoms with van der Waals surface area (Å²) in [5, 5.41) is 0.327. The van der Waals surface area contributed by atoms with Gasteiger partial charge in [-0.15, -0.1) is 0 Å². The lowest BCUT2D eigenvalue weighted by molar-refractivity contribution is -0.128. The minimum Gasteiger partial charge on any atom is -0.383 e. The third-order valence-corrected chi connectivity index (χ3v) is 5.80. The summed E-state index contributed by atoms with van der Waals surface area (Å²) < 4.78 is 22.9. The first-order valence-corrected chi connectivity index (χ1v) is 9.06. The minimum atomic E-state index is -3.01. The number of carbonyl (C=O) groups excluding carboxylic acids is 1. The molecule has 0 saturated carbocycles. The summed E-state index contributed by atoms with van der Waals surface area (Å²) in [5.41, 5.74) is 11.1. The summed E-state index contributed by atoms with van der Waals surface area (Å²) in [6.45, 7) is 0. The summed E-state index contributed by atoms with van der Waals surface area (Å²) in [7, 11) is -1.40. The number of rotatable bonds is 4. The number of nitrogens with zero attached hydrogens (tertiary/aromatic N) is 3. The Labute approximate surface area is 127 Å². The van der Waals surface area contributed by atoms with Crippen molar-refractivity contribution in [2.45, 2.75) is 17.6 Å². The number of nitrogens with two attached hydrogens (primary N) is 2. The maximum Gasteiger partial charge on any atom is 0.233 e. The normalized spacial score (nSPS) is 20.3. The summed E-state index contributed by atoms with van der Waals surface area (Å²) >= 11 is 1.12. The Bertz CT molecular complexity index is 629. The number of thioether (sulfide) groups is 1. The number of carbonyl (C=O) groups is 1. The van der Waals surface area contributed by atoms with Crippen LogP contribution in [-0.2, 0) is 14.6 Å². The van der Waals surface area contributed by atoms with E-state index in [9.17, 15) is 13.2 Å². The molecule has 116 valence electrons. The van der Waals surface area contributed by atoms with Crippen molar-refractivity contribution >= 4 is 39.1 Å². The van der Waals surface area contributed by atoms with Gasteiger partial charge < -0.3 is 16.4 Å². The molecular formula is C11H17N5O3S2. The Morgan fingerprint density at radius 2 is 2.05 bits per heavy atom. The summed E-state index contributed by atoms with van der Waals surface area (Å²) in [6.07, 6.45) is 0.483. The Morgan fingerprint density at radius 1 is 1.43 bits per heavy atom. The maximum atomic E-state index is 12.1. The first-order valence-electron chi connectivity index (χ1n) is 6.26. The zero-order chi connectivity index (χ0) is 15.6. The van der Waals surface area contributed by atoms with Crippen molar-refractivity contribution in [3.8, 4) is 0 Å². The van der Waals surface area contributed by atoms with Crippen molar-refractivity contribution in [2.75, 3.05) is 35.8 Å². The minimum absolute atomic E-state index is 0.0294. The second-order valence-electron chi connectivity index (χ2n) is 4.85. The number of amides is 1. The Hall–Kier alpha value is -1.55. The zero-order valence-corrected chi connectivity index (χ0v) is 13.2. The Kier molecular flexibility index (Phi) is 4.57. The van der Waals surface area contributed by atoms with Gasteiger partial charge in [0.1, 0.15) is 11.6 Å². The summed E-state index contributed by atoms with van der Waals surface area (Å²) in [5.74, 6) is 0.585. The SMILES string of the molecule is CN(C(=O)CSc1nc(N)cc(N)n1)[C@@H]1CCS(=O)(=O)C1. The fraction of sp³-hybridized carbons (Fsp3) is 0.545. The van der Waals surface area contributed by atoms with Crippen LogP contribution >= 0.6 is 11.8 Å². The molecule has 2 heterocycles. The van der Waals surface area contributed by atoms with Crippen LogP contribution in [0.15, 0.2) is 11.2 Å². The van der Waals surface area contributed by atoms with E-state index in [0.29, 0.717) is 11.6 Å². The van der Waals surface area contributed by atoms with Crippen LogP contribution in [0.4, 0.5) is 11.6 Å². The number of sulfone groups is 1. The molecule has 1 fully saturated rings. The van der Waals surface area contributed by atoms with E-state index in [-0.39, 0.29) is 40.8 Å². The molecular weight excluding hydrogens is 314 g/mol. The molecule has 1 aliphatic heterocycles. The molecule has 8 nitrogen and oxygen atoms in total. The van der Waals surface area contributed by atoms with Gasteiger partial charge >= 0.3 is 0 Å². The summed E-state index contributed by atoms with van der Waals surface area (Å²) in [6, 6.07) is 1.18. The van der Waals surface area contributed by atoms with Gasteiger partial charge in [0.15, 0.2) is 15.0 Å². The first kappa shape index (κ1) is 15.8. The third-order valence-electron chi connectivity index (χ3n) is 3.22. The smallest absolute Gasteiger partial charge is 0.233 e. The number of aromatic nitrogens is 2. The molecule has 1 aliphatic rings. The van der Waals surface area contributed by atoms with Crippen molar-refractivity contribution in [3.05, 3.63) is 6.07 Å². The first-order chi connectivity index (χ1) is 9.77. The maximum absolute atomic E-state index is 12.1. The van der Waals surface area contributed by atoms with E-state index < -0.39 is 9.84 Å². The van der Waals surface area contributed by atoms with Gasteiger partial charge in [0.05, 0.1) is 17.3 Å². The topological polar surface area (TPSA) is 132 Å².